The molecule has 0 saturated carbocycles. The number of rotatable bonds is 5. The summed E-state index contributed by atoms with van der Waals surface area (Å²) in [5.41, 5.74) is 6.06. The second-order valence-corrected chi connectivity index (χ2v) is 6.95. The summed E-state index contributed by atoms with van der Waals surface area (Å²) >= 11 is 7.42. The van der Waals surface area contributed by atoms with Crippen molar-refractivity contribution in [3.05, 3.63) is 53.1 Å². The van der Waals surface area contributed by atoms with Gasteiger partial charge in [-0.25, -0.2) is 4.98 Å². The number of amides is 1. The van der Waals surface area contributed by atoms with Crippen LogP contribution in [0.15, 0.2) is 47.6 Å². The Balaban J connectivity index is 1.78. The number of benzene rings is 2. The minimum Gasteiger partial charge on any atom is -0.322 e. The topological polar surface area (TPSA) is 66.4 Å². The summed E-state index contributed by atoms with van der Waals surface area (Å²) in [6, 6.07) is 12.5. The Morgan fingerprint density at radius 3 is 2.88 bits per heavy atom. The molecule has 0 aliphatic rings. The maximum Gasteiger partial charge on any atom is 0.255 e. The summed E-state index contributed by atoms with van der Waals surface area (Å²) < 4.78 is 0.968. The highest BCUT2D eigenvalue weighted by atomic mass is 35.5. The van der Waals surface area contributed by atoms with Gasteiger partial charge in [-0.05, 0) is 49.7 Å². The lowest BCUT2D eigenvalue weighted by Crippen LogP contribution is -2.11. The van der Waals surface area contributed by atoms with Gasteiger partial charge in [0.05, 0.1) is 10.2 Å². The number of nitrogens with one attached hydrogen (secondary N) is 2. The van der Waals surface area contributed by atoms with Crippen molar-refractivity contribution in [2.75, 3.05) is 10.7 Å². The molecule has 0 aliphatic heterocycles. The van der Waals surface area contributed by atoms with Crippen LogP contribution in [0.3, 0.4) is 0 Å². The molecule has 0 atom stereocenters. The van der Waals surface area contributed by atoms with Gasteiger partial charge in [0.2, 0.25) is 5.13 Å². The highest BCUT2D eigenvalue weighted by Crippen LogP contribution is 2.28. The molecule has 5 nitrogen and oxygen atoms in total. The van der Waals surface area contributed by atoms with Gasteiger partial charge in [0.1, 0.15) is 0 Å². The van der Waals surface area contributed by atoms with Gasteiger partial charge in [-0.2, -0.15) is 5.10 Å². The third-order valence-corrected chi connectivity index (χ3v) is 4.75. The van der Waals surface area contributed by atoms with Crippen molar-refractivity contribution in [3.8, 4) is 0 Å². The van der Waals surface area contributed by atoms with E-state index in [4.69, 9.17) is 11.6 Å². The second kappa shape index (κ2) is 7.63. The first-order chi connectivity index (χ1) is 12.0. The van der Waals surface area contributed by atoms with E-state index in [-0.39, 0.29) is 5.91 Å². The molecule has 3 rings (SSSR count). The smallest absolute Gasteiger partial charge is 0.255 e. The Bertz CT molecular complexity index is 951. The zero-order valence-electron chi connectivity index (χ0n) is 13.8. The van der Waals surface area contributed by atoms with Crippen molar-refractivity contribution in [1.82, 2.24) is 4.98 Å². The Morgan fingerprint density at radius 2 is 2.12 bits per heavy atom. The first kappa shape index (κ1) is 17.4. The van der Waals surface area contributed by atoms with Gasteiger partial charge >= 0.3 is 0 Å². The normalized spacial score (nSPS) is 11.6. The van der Waals surface area contributed by atoms with Crippen LogP contribution in [0, 0.1) is 0 Å². The first-order valence-electron chi connectivity index (χ1n) is 7.82. The summed E-state index contributed by atoms with van der Waals surface area (Å²) in [6.07, 6.45) is 0.886. The fourth-order valence-corrected chi connectivity index (χ4v) is 3.14. The molecule has 0 unspecified atom stereocenters. The van der Waals surface area contributed by atoms with Crippen molar-refractivity contribution in [1.29, 1.82) is 0 Å². The predicted octanol–water partition coefficient (Wildman–Crippen LogP) is 5.40. The minimum absolute atomic E-state index is 0.201. The molecule has 1 heterocycles. The molecule has 0 saturated heterocycles. The van der Waals surface area contributed by atoms with Gasteiger partial charge < -0.3 is 5.32 Å². The summed E-state index contributed by atoms with van der Waals surface area (Å²) in [6.45, 7) is 4.01. The lowest BCUT2D eigenvalue weighted by Gasteiger charge is -2.05. The molecule has 128 valence electrons. The summed E-state index contributed by atoms with van der Waals surface area (Å²) in [5, 5.41) is 8.39. The highest BCUT2D eigenvalue weighted by Gasteiger charge is 2.09. The number of nitrogens with zero attached hydrogens (tertiary/aromatic N) is 2. The third kappa shape index (κ3) is 4.35. The van der Waals surface area contributed by atoms with E-state index in [1.165, 1.54) is 11.3 Å². The number of aromatic nitrogens is 1. The second-order valence-electron chi connectivity index (χ2n) is 5.48. The monoisotopic (exact) mass is 372 g/mol. The standard InChI is InChI=1S/C18H17ClN4OS/c1-3-11(2)22-23-18-21-15-8-7-14(10-16(15)25-18)20-17(24)12-5-4-6-13(19)9-12/h4-10H,3H2,1-2H3,(H,20,24)(H,21,23)/b22-11-. The zero-order valence-corrected chi connectivity index (χ0v) is 15.4. The number of carbonyl (C=O) groups excluding carboxylic acids is 1. The Kier molecular flexibility index (Phi) is 5.31. The van der Waals surface area contributed by atoms with Crippen LogP contribution >= 0.6 is 22.9 Å². The summed E-state index contributed by atoms with van der Waals surface area (Å²) in [4.78, 5) is 16.8. The molecule has 0 bridgehead atoms. The van der Waals surface area contributed by atoms with E-state index in [2.05, 4.69) is 20.8 Å². The van der Waals surface area contributed by atoms with Crippen LogP contribution in [-0.4, -0.2) is 16.6 Å². The Morgan fingerprint density at radius 1 is 1.28 bits per heavy atom. The number of thiazole rings is 1. The van der Waals surface area contributed by atoms with Crippen molar-refractivity contribution in [3.63, 3.8) is 0 Å². The average Bonchev–Trinajstić information content (AvgIpc) is 3.01. The molecule has 7 heteroatoms. The Hall–Kier alpha value is -2.44. The van der Waals surface area contributed by atoms with Crippen molar-refractivity contribution in [2.45, 2.75) is 20.3 Å². The van der Waals surface area contributed by atoms with E-state index >= 15 is 0 Å². The molecule has 0 aliphatic carbocycles. The fraction of sp³-hybridized carbons (Fsp3) is 0.167. The molecular formula is C18H17ClN4OS. The average molecular weight is 373 g/mol. The van der Waals surface area contributed by atoms with Gasteiger partial charge in [-0.15, -0.1) is 0 Å². The highest BCUT2D eigenvalue weighted by molar-refractivity contribution is 7.22. The van der Waals surface area contributed by atoms with Crippen LogP contribution in [0.1, 0.15) is 30.6 Å². The molecule has 0 spiro atoms. The van der Waals surface area contributed by atoms with Crippen molar-refractivity contribution in [2.24, 2.45) is 5.10 Å². The van der Waals surface area contributed by atoms with Crippen LogP contribution in [-0.2, 0) is 0 Å². The number of hydrazone groups is 1. The lowest BCUT2D eigenvalue weighted by atomic mass is 10.2. The summed E-state index contributed by atoms with van der Waals surface area (Å²) in [7, 11) is 0. The maximum atomic E-state index is 12.3. The van der Waals surface area contributed by atoms with E-state index < -0.39 is 0 Å². The number of anilines is 2. The fourth-order valence-electron chi connectivity index (χ4n) is 2.11. The molecule has 2 aromatic carbocycles. The molecular weight excluding hydrogens is 356 g/mol. The van der Waals surface area contributed by atoms with E-state index in [1.807, 2.05) is 32.0 Å². The summed E-state index contributed by atoms with van der Waals surface area (Å²) in [5.74, 6) is -0.201. The largest absolute Gasteiger partial charge is 0.322 e. The van der Waals surface area contributed by atoms with E-state index in [1.54, 1.807) is 24.3 Å². The molecule has 0 radical (unpaired) electrons. The minimum atomic E-state index is -0.201. The van der Waals surface area contributed by atoms with Crippen LogP contribution < -0.4 is 10.7 Å². The van der Waals surface area contributed by atoms with E-state index in [0.29, 0.717) is 16.3 Å². The SMILES string of the molecule is CC/C(C)=N\Nc1nc2ccc(NC(=O)c3cccc(Cl)c3)cc2s1. The molecule has 25 heavy (non-hydrogen) atoms. The van der Waals surface area contributed by atoms with Crippen LogP contribution in [0.2, 0.25) is 5.02 Å². The molecule has 0 fully saturated rings. The number of carbonyl (C=O) groups is 1. The molecule has 2 N–H and O–H groups in total. The van der Waals surface area contributed by atoms with Crippen LogP contribution in [0.5, 0.6) is 0 Å². The van der Waals surface area contributed by atoms with Gasteiger partial charge in [-0.3, -0.25) is 10.2 Å². The van der Waals surface area contributed by atoms with Crippen LogP contribution in [0.25, 0.3) is 10.2 Å². The third-order valence-electron chi connectivity index (χ3n) is 3.59. The Labute approximate surface area is 154 Å². The number of hydrogen-bond donors (Lipinski definition) is 2. The molecule has 1 amide bonds. The van der Waals surface area contributed by atoms with Gasteiger partial charge in [0, 0.05) is 22.0 Å². The van der Waals surface area contributed by atoms with Crippen LogP contribution in [0.4, 0.5) is 10.8 Å². The number of hydrogen-bond acceptors (Lipinski definition) is 5. The molecule has 3 aromatic rings. The van der Waals surface area contributed by atoms with Crippen molar-refractivity contribution >= 4 is 55.6 Å². The number of halogens is 1. The number of fused-ring (bicyclic) bond motifs is 1. The van der Waals surface area contributed by atoms with E-state index in [0.717, 1.165) is 27.5 Å². The van der Waals surface area contributed by atoms with Gasteiger partial charge in [0.15, 0.2) is 0 Å². The molecule has 1 aromatic heterocycles. The van der Waals surface area contributed by atoms with Crippen molar-refractivity contribution < 1.29 is 4.79 Å². The first-order valence-corrected chi connectivity index (χ1v) is 9.01. The van der Waals surface area contributed by atoms with Gasteiger partial charge in [-0.1, -0.05) is 35.9 Å². The van der Waals surface area contributed by atoms with Gasteiger partial charge in [0.25, 0.3) is 5.91 Å². The predicted molar refractivity (Wildman–Crippen MR) is 106 cm³/mol. The zero-order chi connectivity index (χ0) is 17.8. The maximum absolute atomic E-state index is 12.3. The quantitative estimate of drug-likeness (QED) is 0.465. The lowest BCUT2D eigenvalue weighted by molar-refractivity contribution is 0.102. The van der Waals surface area contributed by atoms with E-state index in [9.17, 15) is 4.79 Å².